The van der Waals surface area contributed by atoms with Gasteiger partial charge in [-0.1, -0.05) is 11.6 Å². The Morgan fingerprint density at radius 1 is 1.50 bits per heavy atom. The number of nitrogens with two attached hydrogens (primary N) is 1. The molecule has 0 spiro atoms. The van der Waals surface area contributed by atoms with Gasteiger partial charge in [-0.3, -0.25) is 9.58 Å². The summed E-state index contributed by atoms with van der Waals surface area (Å²) in [6.45, 7) is 8.99. The van der Waals surface area contributed by atoms with Gasteiger partial charge in [0.15, 0.2) is 0 Å². The molecular weight excluding hydrogens is 276 g/mol. The lowest BCUT2D eigenvalue weighted by atomic mass is 10.0. The summed E-state index contributed by atoms with van der Waals surface area (Å²) in [4.78, 5) is 2.41. The van der Waals surface area contributed by atoms with E-state index in [1.807, 2.05) is 14.0 Å². The van der Waals surface area contributed by atoms with Gasteiger partial charge in [-0.2, -0.15) is 5.10 Å². The Balaban J connectivity index is 2.02. The molecule has 114 valence electrons. The summed E-state index contributed by atoms with van der Waals surface area (Å²) in [5.74, 6) is 0. The molecule has 6 heteroatoms. The summed E-state index contributed by atoms with van der Waals surface area (Å²) in [5.41, 5.74) is 8.33. The van der Waals surface area contributed by atoms with Gasteiger partial charge in [-0.05, 0) is 27.2 Å². The van der Waals surface area contributed by atoms with Crippen molar-refractivity contribution in [3.8, 4) is 0 Å². The van der Waals surface area contributed by atoms with Crippen LogP contribution in [-0.2, 0) is 18.2 Å². The van der Waals surface area contributed by atoms with Crippen molar-refractivity contribution in [2.75, 3.05) is 19.7 Å². The summed E-state index contributed by atoms with van der Waals surface area (Å²) >= 11 is 6.27. The van der Waals surface area contributed by atoms with Crippen LogP contribution < -0.4 is 5.73 Å². The normalized spacial score (nSPS) is 22.4. The summed E-state index contributed by atoms with van der Waals surface area (Å²) in [6, 6.07) is 0.467. The number of hydrogen-bond donors (Lipinski definition) is 1. The van der Waals surface area contributed by atoms with Gasteiger partial charge in [0.25, 0.3) is 0 Å². The zero-order valence-corrected chi connectivity index (χ0v) is 13.5. The van der Waals surface area contributed by atoms with Gasteiger partial charge >= 0.3 is 0 Å². The zero-order chi connectivity index (χ0) is 14.9. The van der Waals surface area contributed by atoms with Crippen molar-refractivity contribution in [1.29, 1.82) is 0 Å². The molecule has 0 aromatic carbocycles. The molecule has 1 saturated heterocycles. The maximum absolute atomic E-state index is 6.34. The minimum atomic E-state index is -0.0584. The Morgan fingerprint density at radius 3 is 2.75 bits per heavy atom. The fourth-order valence-corrected chi connectivity index (χ4v) is 2.95. The number of hydrogen-bond acceptors (Lipinski definition) is 4. The summed E-state index contributed by atoms with van der Waals surface area (Å²) in [5, 5.41) is 5.01. The first-order valence-electron chi connectivity index (χ1n) is 7.19. The molecular formula is C14H25ClN4O. The highest BCUT2D eigenvalue weighted by atomic mass is 35.5. The smallest absolute Gasteiger partial charge is 0.130 e. The molecule has 2 rings (SSSR count). The lowest BCUT2D eigenvalue weighted by molar-refractivity contribution is -0.0495. The molecule has 1 aromatic heterocycles. The number of halogens is 1. The van der Waals surface area contributed by atoms with Crippen LogP contribution in [-0.4, -0.2) is 52.6 Å². The van der Waals surface area contributed by atoms with Crippen LogP contribution in [0.1, 0.15) is 25.1 Å². The first-order chi connectivity index (χ1) is 9.40. The van der Waals surface area contributed by atoms with Gasteiger partial charge < -0.3 is 10.5 Å². The van der Waals surface area contributed by atoms with Gasteiger partial charge in [0.05, 0.1) is 18.4 Å². The zero-order valence-electron chi connectivity index (χ0n) is 12.8. The fourth-order valence-electron chi connectivity index (χ4n) is 2.70. The van der Waals surface area contributed by atoms with Gasteiger partial charge in [0, 0.05) is 37.8 Å². The summed E-state index contributed by atoms with van der Waals surface area (Å²) in [7, 11) is 1.85. The van der Waals surface area contributed by atoms with E-state index in [4.69, 9.17) is 22.1 Å². The van der Waals surface area contributed by atoms with E-state index in [1.165, 1.54) is 0 Å². The van der Waals surface area contributed by atoms with Crippen LogP contribution in [0.3, 0.4) is 0 Å². The van der Waals surface area contributed by atoms with Crippen LogP contribution in [0.5, 0.6) is 0 Å². The van der Waals surface area contributed by atoms with Crippen molar-refractivity contribution in [2.45, 2.75) is 45.4 Å². The van der Waals surface area contributed by atoms with Gasteiger partial charge in [0.1, 0.15) is 5.15 Å². The minimum Gasteiger partial charge on any atom is -0.374 e. The molecule has 0 amide bonds. The van der Waals surface area contributed by atoms with E-state index in [-0.39, 0.29) is 12.1 Å². The van der Waals surface area contributed by atoms with Crippen LogP contribution in [0.15, 0.2) is 0 Å². The van der Waals surface area contributed by atoms with Crippen LogP contribution in [0.2, 0.25) is 5.15 Å². The third-order valence-corrected chi connectivity index (χ3v) is 4.52. The second-order valence-electron chi connectivity index (χ2n) is 5.84. The second kappa shape index (κ2) is 6.43. The third-order valence-electron chi connectivity index (χ3n) is 4.04. The van der Waals surface area contributed by atoms with Gasteiger partial charge in [-0.15, -0.1) is 0 Å². The molecule has 2 unspecified atom stereocenters. The van der Waals surface area contributed by atoms with E-state index in [9.17, 15) is 0 Å². The van der Waals surface area contributed by atoms with E-state index in [2.05, 4.69) is 23.8 Å². The lowest BCUT2D eigenvalue weighted by Gasteiger charge is -2.37. The van der Waals surface area contributed by atoms with E-state index in [0.29, 0.717) is 17.6 Å². The second-order valence-corrected chi connectivity index (χ2v) is 6.20. The van der Waals surface area contributed by atoms with Crippen molar-refractivity contribution >= 4 is 11.6 Å². The molecule has 2 heterocycles. The van der Waals surface area contributed by atoms with E-state index >= 15 is 0 Å². The Bertz CT molecular complexity index is 460. The maximum Gasteiger partial charge on any atom is 0.130 e. The quantitative estimate of drug-likeness (QED) is 0.912. The number of morpholine rings is 1. The number of ether oxygens (including phenoxy) is 1. The molecule has 5 nitrogen and oxygen atoms in total. The van der Waals surface area contributed by atoms with E-state index < -0.39 is 0 Å². The third kappa shape index (κ3) is 3.34. The Labute approximate surface area is 126 Å². The molecule has 1 aliphatic rings. The number of aromatic nitrogens is 2. The first kappa shape index (κ1) is 15.8. The van der Waals surface area contributed by atoms with Gasteiger partial charge in [-0.25, -0.2) is 0 Å². The average Bonchev–Trinajstić information content (AvgIpc) is 2.65. The molecule has 1 fully saturated rings. The summed E-state index contributed by atoms with van der Waals surface area (Å²) < 4.78 is 7.54. The Hall–Kier alpha value is -0.620. The molecule has 0 bridgehead atoms. The Morgan fingerprint density at radius 2 is 2.20 bits per heavy atom. The predicted molar refractivity (Wildman–Crippen MR) is 81.1 cm³/mol. The molecule has 0 aliphatic carbocycles. The maximum atomic E-state index is 6.34. The van der Waals surface area contributed by atoms with E-state index in [1.54, 1.807) is 4.68 Å². The molecule has 0 saturated carbocycles. The van der Waals surface area contributed by atoms with Crippen molar-refractivity contribution in [1.82, 2.24) is 14.7 Å². The van der Waals surface area contributed by atoms with E-state index in [0.717, 1.165) is 31.0 Å². The molecule has 20 heavy (non-hydrogen) atoms. The van der Waals surface area contributed by atoms with Crippen molar-refractivity contribution in [3.05, 3.63) is 16.4 Å². The monoisotopic (exact) mass is 300 g/mol. The number of rotatable bonds is 4. The molecule has 1 aliphatic heterocycles. The molecule has 2 N–H and O–H groups in total. The molecule has 1 aromatic rings. The SMILES string of the molecule is Cc1nn(C)c(Cl)c1CC(N)C1CN(C(C)C)CCO1. The minimum absolute atomic E-state index is 0.0572. The van der Waals surface area contributed by atoms with Gasteiger partial charge in [0.2, 0.25) is 0 Å². The summed E-state index contributed by atoms with van der Waals surface area (Å²) in [6.07, 6.45) is 0.761. The number of aryl methyl sites for hydroxylation is 2. The topological polar surface area (TPSA) is 56.3 Å². The van der Waals surface area contributed by atoms with Crippen LogP contribution in [0.25, 0.3) is 0 Å². The highest BCUT2D eigenvalue weighted by molar-refractivity contribution is 6.30. The molecule has 2 atom stereocenters. The predicted octanol–water partition coefficient (Wildman–Crippen LogP) is 1.36. The standard InChI is InChI=1S/C14H25ClN4O/c1-9(2)19-5-6-20-13(8-19)12(16)7-11-10(3)17-18(4)14(11)15/h9,12-13H,5-8,16H2,1-4H3. The Kier molecular flexibility index (Phi) is 5.07. The van der Waals surface area contributed by atoms with Crippen LogP contribution >= 0.6 is 11.6 Å². The van der Waals surface area contributed by atoms with Crippen molar-refractivity contribution < 1.29 is 4.74 Å². The average molecular weight is 301 g/mol. The van der Waals surface area contributed by atoms with Crippen LogP contribution in [0.4, 0.5) is 0 Å². The first-order valence-corrected chi connectivity index (χ1v) is 7.57. The number of nitrogens with zero attached hydrogens (tertiary/aromatic N) is 3. The lowest BCUT2D eigenvalue weighted by Crippen LogP contribution is -2.53. The van der Waals surface area contributed by atoms with Crippen molar-refractivity contribution in [3.63, 3.8) is 0 Å². The highest BCUT2D eigenvalue weighted by Crippen LogP contribution is 2.22. The highest BCUT2D eigenvalue weighted by Gasteiger charge is 2.28. The van der Waals surface area contributed by atoms with Crippen molar-refractivity contribution in [2.24, 2.45) is 12.8 Å². The fraction of sp³-hybridized carbons (Fsp3) is 0.786. The largest absolute Gasteiger partial charge is 0.374 e. The molecule has 0 radical (unpaired) electrons. The van der Waals surface area contributed by atoms with Crippen LogP contribution in [0, 0.1) is 6.92 Å².